The summed E-state index contributed by atoms with van der Waals surface area (Å²) in [5.74, 6) is 0.298. The van der Waals surface area contributed by atoms with Crippen molar-refractivity contribution in [2.45, 2.75) is 6.61 Å². The van der Waals surface area contributed by atoms with E-state index in [0.717, 1.165) is 12.5 Å². The summed E-state index contributed by atoms with van der Waals surface area (Å²) in [4.78, 5) is 11.6. The van der Waals surface area contributed by atoms with Crippen molar-refractivity contribution in [1.29, 1.82) is 0 Å². The zero-order valence-electron chi connectivity index (χ0n) is 7.46. The van der Waals surface area contributed by atoms with Gasteiger partial charge in [0.05, 0.1) is 5.39 Å². The van der Waals surface area contributed by atoms with Gasteiger partial charge in [-0.3, -0.25) is 0 Å². The lowest BCUT2D eigenvalue weighted by molar-refractivity contribution is 0.241. The quantitative estimate of drug-likeness (QED) is 0.711. The minimum absolute atomic E-state index is 0.257. The smallest absolute Gasteiger partial charge is 0.343 e. The van der Waals surface area contributed by atoms with E-state index in [1.165, 1.54) is 0 Å². The molecule has 1 aromatic carbocycles. The molecule has 1 N–H and O–H groups in total. The maximum absolute atomic E-state index is 11.6. The maximum Gasteiger partial charge on any atom is 0.343 e. The number of hydrogen-bond donors (Lipinski definition) is 1. The molecular weight excluding hydrogens is 422 g/mol. The molecule has 0 fully saturated rings. The summed E-state index contributed by atoms with van der Waals surface area (Å²) < 4.78 is 6.91. The van der Waals surface area contributed by atoms with Crippen LogP contribution in [-0.2, 0) is 6.61 Å². The Bertz CT molecular complexity index is 575. The molecule has 2 aromatic rings. The summed E-state index contributed by atoms with van der Waals surface area (Å²) in [6, 6.07) is 5.46. The second kappa shape index (κ2) is 4.38. The molecule has 0 saturated carbocycles. The lowest BCUT2D eigenvalue weighted by Crippen LogP contribution is -2.03. The molecule has 0 atom stereocenters. The summed E-state index contributed by atoms with van der Waals surface area (Å²) in [7, 11) is 0. The van der Waals surface area contributed by atoms with Gasteiger partial charge in [0.15, 0.2) is 0 Å². The van der Waals surface area contributed by atoms with Crippen LogP contribution in [0.1, 0.15) is 5.76 Å². The van der Waals surface area contributed by atoms with Crippen molar-refractivity contribution < 1.29 is 9.52 Å². The van der Waals surface area contributed by atoms with E-state index in [-0.39, 0.29) is 6.61 Å². The zero-order valence-corrected chi connectivity index (χ0v) is 11.8. The summed E-state index contributed by atoms with van der Waals surface area (Å²) in [6.07, 6.45) is 0. The van der Waals surface area contributed by atoms with Gasteiger partial charge in [-0.05, 0) is 63.4 Å². The Morgan fingerprint density at radius 3 is 2.60 bits per heavy atom. The number of aliphatic hydroxyl groups is 1. The van der Waals surface area contributed by atoms with E-state index < -0.39 is 5.63 Å². The van der Waals surface area contributed by atoms with Crippen molar-refractivity contribution >= 4 is 56.0 Å². The molecule has 0 aliphatic rings. The predicted molar refractivity (Wildman–Crippen MR) is 73.8 cm³/mol. The SMILES string of the molecule is O=c1oc(CO)cc2c(I)cc(I)cc12. The van der Waals surface area contributed by atoms with Crippen molar-refractivity contribution in [1.82, 2.24) is 0 Å². The molecule has 0 bridgehead atoms. The van der Waals surface area contributed by atoms with Gasteiger partial charge in [0.25, 0.3) is 0 Å². The van der Waals surface area contributed by atoms with Gasteiger partial charge in [-0.2, -0.15) is 0 Å². The normalized spacial score (nSPS) is 10.9. The van der Waals surface area contributed by atoms with Crippen LogP contribution in [0, 0.1) is 7.14 Å². The Hall–Kier alpha value is -0.150. The van der Waals surface area contributed by atoms with E-state index in [1.807, 2.05) is 6.07 Å². The van der Waals surface area contributed by atoms with Gasteiger partial charge >= 0.3 is 5.63 Å². The summed E-state index contributed by atoms with van der Waals surface area (Å²) in [5.41, 5.74) is -0.395. The van der Waals surface area contributed by atoms with E-state index >= 15 is 0 Å². The number of hydrogen-bond acceptors (Lipinski definition) is 3. The average molecular weight is 428 g/mol. The van der Waals surface area contributed by atoms with Crippen LogP contribution in [0.4, 0.5) is 0 Å². The molecule has 1 aromatic heterocycles. The fraction of sp³-hybridized carbons (Fsp3) is 0.100. The van der Waals surface area contributed by atoms with Gasteiger partial charge in [0.2, 0.25) is 0 Å². The highest BCUT2D eigenvalue weighted by Crippen LogP contribution is 2.22. The van der Waals surface area contributed by atoms with Gasteiger partial charge in [-0.1, -0.05) is 0 Å². The third-order valence-corrected chi connectivity index (χ3v) is 3.51. The Morgan fingerprint density at radius 2 is 1.93 bits per heavy atom. The lowest BCUT2D eigenvalue weighted by atomic mass is 10.2. The minimum atomic E-state index is -0.395. The predicted octanol–water partition coefficient (Wildman–Crippen LogP) is 2.49. The van der Waals surface area contributed by atoms with Crippen LogP contribution in [0.5, 0.6) is 0 Å². The third kappa shape index (κ3) is 2.18. The molecule has 5 heteroatoms. The van der Waals surface area contributed by atoms with Crippen LogP contribution < -0.4 is 5.63 Å². The molecule has 0 aliphatic carbocycles. The van der Waals surface area contributed by atoms with Gasteiger partial charge in [0.1, 0.15) is 12.4 Å². The number of benzene rings is 1. The van der Waals surface area contributed by atoms with Crippen molar-refractivity contribution in [3.05, 3.63) is 41.5 Å². The molecule has 15 heavy (non-hydrogen) atoms. The Morgan fingerprint density at radius 1 is 1.20 bits per heavy atom. The van der Waals surface area contributed by atoms with Gasteiger partial charge in [-0.25, -0.2) is 4.79 Å². The molecule has 0 amide bonds. The van der Waals surface area contributed by atoms with Crippen molar-refractivity contribution in [2.75, 3.05) is 0 Å². The molecule has 1 heterocycles. The summed E-state index contributed by atoms with van der Waals surface area (Å²) in [6.45, 7) is -0.257. The average Bonchev–Trinajstić information content (AvgIpc) is 2.19. The first-order valence-corrected chi connectivity index (χ1v) is 6.30. The standard InChI is InChI=1S/C10H6I2O3/c11-5-1-8-7(9(12)2-5)3-6(4-13)15-10(8)14/h1-3,13H,4H2. The molecule has 0 spiro atoms. The fourth-order valence-electron chi connectivity index (χ4n) is 1.34. The second-order valence-corrected chi connectivity index (χ2v) is 5.41. The van der Waals surface area contributed by atoms with Crippen molar-refractivity contribution in [3.8, 4) is 0 Å². The summed E-state index contributed by atoms with van der Waals surface area (Å²) >= 11 is 4.32. The van der Waals surface area contributed by atoms with E-state index in [9.17, 15) is 4.79 Å². The van der Waals surface area contributed by atoms with Crippen LogP contribution in [-0.4, -0.2) is 5.11 Å². The van der Waals surface area contributed by atoms with Gasteiger partial charge in [-0.15, -0.1) is 0 Å². The highest BCUT2D eigenvalue weighted by atomic mass is 127. The van der Waals surface area contributed by atoms with Crippen LogP contribution in [0.2, 0.25) is 0 Å². The third-order valence-electron chi connectivity index (χ3n) is 2.00. The molecule has 78 valence electrons. The number of halogens is 2. The highest BCUT2D eigenvalue weighted by molar-refractivity contribution is 14.1. The molecular formula is C10H6I2O3. The monoisotopic (exact) mass is 428 g/mol. The van der Waals surface area contributed by atoms with Crippen LogP contribution in [0.15, 0.2) is 27.4 Å². The largest absolute Gasteiger partial charge is 0.425 e. The first-order chi connectivity index (χ1) is 7.11. The molecule has 0 aliphatic heterocycles. The van der Waals surface area contributed by atoms with Crippen LogP contribution in [0.3, 0.4) is 0 Å². The molecule has 3 nitrogen and oxygen atoms in total. The second-order valence-electron chi connectivity index (χ2n) is 3.01. The molecule has 0 unspecified atom stereocenters. The van der Waals surface area contributed by atoms with Crippen molar-refractivity contribution in [2.24, 2.45) is 0 Å². The van der Waals surface area contributed by atoms with E-state index in [0.29, 0.717) is 11.1 Å². The number of fused-ring (bicyclic) bond motifs is 1. The van der Waals surface area contributed by atoms with Gasteiger partial charge in [0, 0.05) is 12.5 Å². The highest BCUT2D eigenvalue weighted by Gasteiger charge is 2.07. The number of aliphatic hydroxyl groups excluding tert-OH is 1. The topological polar surface area (TPSA) is 50.4 Å². The van der Waals surface area contributed by atoms with Crippen LogP contribution in [0.25, 0.3) is 10.8 Å². The first kappa shape index (κ1) is 11.3. The molecule has 2 rings (SSSR count). The molecule has 0 saturated heterocycles. The minimum Gasteiger partial charge on any atom is -0.425 e. The van der Waals surface area contributed by atoms with Crippen molar-refractivity contribution in [3.63, 3.8) is 0 Å². The Labute approximate surface area is 113 Å². The van der Waals surface area contributed by atoms with Crippen LogP contribution >= 0.6 is 45.2 Å². The first-order valence-electron chi connectivity index (χ1n) is 4.14. The van der Waals surface area contributed by atoms with E-state index in [1.54, 1.807) is 12.1 Å². The Kier molecular flexibility index (Phi) is 3.31. The number of rotatable bonds is 1. The van der Waals surface area contributed by atoms with E-state index in [4.69, 9.17) is 9.52 Å². The maximum atomic E-state index is 11.6. The lowest BCUT2D eigenvalue weighted by Gasteiger charge is -2.02. The summed E-state index contributed by atoms with van der Waals surface area (Å²) in [5, 5.41) is 10.3. The van der Waals surface area contributed by atoms with Gasteiger partial charge < -0.3 is 9.52 Å². The molecule has 0 radical (unpaired) electrons. The zero-order chi connectivity index (χ0) is 11.0. The fourth-order valence-corrected chi connectivity index (χ4v) is 3.34. The Balaban J connectivity index is 2.91. The van der Waals surface area contributed by atoms with E-state index in [2.05, 4.69) is 45.2 Å².